The van der Waals surface area contributed by atoms with Gasteiger partial charge in [0.1, 0.15) is 0 Å². The number of hydrogen-bond acceptors (Lipinski definition) is 2. The molecule has 1 heterocycles. The van der Waals surface area contributed by atoms with Gasteiger partial charge in [-0.3, -0.25) is 9.59 Å². The monoisotopic (exact) mass is 251 g/mol. The summed E-state index contributed by atoms with van der Waals surface area (Å²) in [4.78, 5) is 23.2. The zero-order valence-electron chi connectivity index (χ0n) is 9.63. The predicted molar refractivity (Wildman–Crippen MR) is 67.6 cm³/mol. The summed E-state index contributed by atoms with van der Waals surface area (Å²) in [5.74, 6) is 0.383. The molecule has 1 aromatic rings. The number of alkyl halides is 1. The van der Waals surface area contributed by atoms with Crippen molar-refractivity contribution in [2.24, 2.45) is 5.92 Å². The van der Waals surface area contributed by atoms with Gasteiger partial charge in [-0.2, -0.15) is 0 Å². The molecule has 17 heavy (non-hydrogen) atoms. The minimum atomic E-state index is -0.0409. The number of rotatable bonds is 3. The molecule has 1 aliphatic rings. The van der Waals surface area contributed by atoms with Gasteiger partial charge in [-0.1, -0.05) is 6.92 Å². The van der Waals surface area contributed by atoms with E-state index in [0.717, 1.165) is 11.3 Å². The second kappa shape index (κ2) is 4.88. The van der Waals surface area contributed by atoms with E-state index in [-0.39, 0.29) is 17.6 Å². The third-order valence-electron chi connectivity index (χ3n) is 2.98. The van der Waals surface area contributed by atoms with E-state index in [2.05, 4.69) is 5.32 Å². The van der Waals surface area contributed by atoms with E-state index < -0.39 is 0 Å². The fourth-order valence-corrected chi connectivity index (χ4v) is 2.14. The Kier molecular flexibility index (Phi) is 3.48. The van der Waals surface area contributed by atoms with Gasteiger partial charge in [0.15, 0.2) is 5.78 Å². The third-order valence-corrected chi connectivity index (χ3v) is 3.17. The van der Waals surface area contributed by atoms with Crippen LogP contribution in [0, 0.1) is 5.92 Å². The van der Waals surface area contributed by atoms with Gasteiger partial charge < -0.3 is 5.32 Å². The smallest absolute Gasteiger partial charge is 0.227 e. The lowest BCUT2D eigenvalue weighted by molar-refractivity contribution is -0.119. The van der Waals surface area contributed by atoms with Crippen LogP contribution < -0.4 is 5.32 Å². The Morgan fingerprint density at radius 1 is 1.53 bits per heavy atom. The Morgan fingerprint density at radius 3 is 3.00 bits per heavy atom. The van der Waals surface area contributed by atoms with Crippen molar-refractivity contribution in [2.75, 3.05) is 11.2 Å². The SMILES string of the molecule is CC1Cc2cc(C(=O)CCCl)ccc2NC1=O. The Hall–Kier alpha value is -1.35. The molecule has 1 aromatic carbocycles. The molecular formula is C13H14ClNO2. The van der Waals surface area contributed by atoms with Crippen LogP contribution in [0.15, 0.2) is 18.2 Å². The minimum Gasteiger partial charge on any atom is -0.326 e. The van der Waals surface area contributed by atoms with Crippen LogP contribution in [0.5, 0.6) is 0 Å². The second-order valence-corrected chi connectivity index (χ2v) is 4.71. The molecular weight excluding hydrogens is 238 g/mol. The quantitative estimate of drug-likeness (QED) is 0.663. The Morgan fingerprint density at radius 2 is 2.29 bits per heavy atom. The first-order chi connectivity index (χ1) is 8.11. The number of Topliss-reactive ketones (excluding diaryl/α,β-unsaturated/α-hetero) is 1. The molecule has 0 fully saturated rings. The fraction of sp³-hybridized carbons (Fsp3) is 0.385. The molecule has 0 aliphatic carbocycles. The highest BCUT2D eigenvalue weighted by molar-refractivity contribution is 6.19. The summed E-state index contributed by atoms with van der Waals surface area (Å²) in [6.45, 7) is 1.88. The highest BCUT2D eigenvalue weighted by Gasteiger charge is 2.22. The first kappa shape index (κ1) is 12.1. The second-order valence-electron chi connectivity index (χ2n) is 4.33. The van der Waals surface area contributed by atoms with Crippen molar-refractivity contribution in [3.63, 3.8) is 0 Å². The maximum absolute atomic E-state index is 11.7. The van der Waals surface area contributed by atoms with Crippen LogP contribution in [0.25, 0.3) is 0 Å². The molecule has 0 spiro atoms. The first-order valence-electron chi connectivity index (χ1n) is 5.64. The average Bonchev–Trinajstić information content (AvgIpc) is 2.30. The normalized spacial score (nSPS) is 18.5. The van der Waals surface area contributed by atoms with Gasteiger partial charge in [-0.05, 0) is 30.2 Å². The molecule has 0 saturated heterocycles. The van der Waals surface area contributed by atoms with Crippen LogP contribution in [0.4, 0.5) is 5.69 Å². The van der Waals surface area contributed by atoms with Crippen LogP contribution in [0.2, 0.25) is 0 Å². The minimum absolute atomic E-state index is 0.0392. The summed E-state index contributed by atoms with van der Waals surface area (Å²) in [6, 6.07) is 5.39. The van der Waals surface area contributed by atoms with Crippen molar-refractivity contribution in [3.8, 4) is 0 Å². The number of carbonyl (C=O) groups is 2. The van der Waals surface area contributed by atoms with Crippen molar-refractivity contribution >= 4 is 29.0 Å². The molecule has 0 bridgehead atoms. The lowest BCUT2D eigenvalue weighted by Crippen LogP contribution is -2.27. The highest BCUT2D eigenvalue weighted by Crippen LogP contribution is 2.26. The van der Waals surface area contributed by atoms with Gasteiger partial charge in [0.25, 0.3) is 0 Å². The molecule has 0 radical (unpaired) electrons. The Bertz CT molecular complexity index is 470. The molecule has 1 atom stereocenters. The van der Waals surface area contributed by atoms with E-state index in [1.165, 1.54) is 0 Å². The maximum Gasteiger partial charge on any atom is 0.227 e. The van der Waals surface area contributed by atoms with E-state index in [4.69, 9.17) is 11.6 Å². The van der Waals surface area contributed by atoms with Crippen LogP contribution >= 0.6 is 11.6 Å². The topological polar surface area (TPSA) is 46.2 Å². The van der Waals surface area contributed by atoms with Crippen molar-refractivity contribution in [2.45, 2.75) is 19.8 Å². The molecule has 1 N–H and O–H groups in total. The summed E-state index contributed by atoms with van der Waals surface area (Å²) in [7, 11) is 0. The van der Waals surface area contributed by atoms with Crippen molar-refractivity contribution in [1.29, 1.82) is 0 Å². The number of benzene rings is 1. The van der Waals surface area contributed by atoms with Crippen molar-refractivity contribution in [3.05, 3.63) is 29.3 Å². The van der Waals surface area contributed by atoms with Gasteiger partial charge in [-0.25, -0.2) is 0 Å². The van der Waals surface area contributed by atoms with Gasteiger partial charge in [0.2, 0.25) is 5.91 Å². The lowest BCUT2D eigenvalue weighted by atomic mass is 9.92. The lowest BCUT2D eigenvalue weighted by Gasteiger charge is -2.22. The number of ketones is 1. The summed E-state index contributed by atoms with van der Waals surface area (Å²) in [5.41, 5.74) is 2.51. The Labute approximate surface area is 105 Å². The van der Waals surface area contributed by atoms with E-state index in [9.17, 15) is 9.59 Å². The van der Waals surface area contributed by atoms with E-state index in [1.54, 1.807) is 12.1 Å². The highest BCUT2D eigenvalue weighted by atomic mass is 35.5. The molecule has 0 aromatic heterocycles. The van der Waals surface area contributed by atoms with Gasteiger partial charge in [0, 0.05) is 29.5 Å². The number of anilines is 1. The number of amides is 1. The number of carbonyl (C=O) groups excluding carboxylic acids is 2. The van der Waals surface area contributed by atoms with Crippen molar-refractivity contribution < 1.29 is 9.59 Å². The van der Waals surface area contributed by atoms with Gasteiger partial charge in [0.05, 0.1) is 0 Å². The van der Waals surface area contributed by atoms with E-state index in [1.807, 2.05) is 13.0 Å². The first-order valence-corrected chi connectivity index (χ1v) is 6.18. The zero-order valence-corrected chi connectivity index (χ0v) is 10.4. The van der Waals surface area contributed by atoms with Crippen LogP contribution in [0.1, 0.15) is 29.3 Å². The predicted octanol–water partition coefficient (Wildman–Crippen LogP) is 2.63. The maximum atomic E-state index is 11.7. The molecule has 0 saturated carbocycles. The standard InChI is InChI=1S/C13H14ClNO2/c1-8-6-10-7-9(12(16)4-5-14)2-3-11(10)15-13(8)17/h2-3,7-8H,4-6H2,1H3,(H,15,17). The Balaban J connectivity index is 2.28. The van der Waals surface area contributed by atoms with Crippen LogP contribution in [-0.2, 0) is 11.2 Å². The summed E-state index contributed by atoms with van der Waals surface area (Å²) < 4.78 is 0. The van der Waals surface area contributed by atoms with E-state index >= 15 is 0 Å². The largest absolute Gasteiger partial charge is 0.326 e. The van der Waals surface area contributed by atoms with Gasteiger partial charge >= 0.3 is 0 Å². The average molecular weight is 252 g/mol. The van der Waals surface area contributed by atoms with Gasteiger partial charge in [-0.15, -0.1) is 11.6 Å². The molecule has 3 nitrogen and oxygen atoms in total. The number of fused-ring (bicyclic) bond motifs is 1. The number of hydrogen-bond donors (Lipinski definition) is 1. The summed E-state index contributed by atoms with van der Waals surface area (Å²) in [5, 5.41) is 2.83. The van der Waals surface area contributed by atoms with E-state index in [0.29, 0.717) is 24.3 Å². The molecule has 2 rings (SSSR count). The fourth-order valence-electron chi connectivity index (χ4n) is 1.97. The van der Waals surface area contributed by atoms with Crippen LogP contribution in [-0.4, -0.2) is 17.6 Å². The molecule has 1 aliphatic heterocycles. The zero-order chi connectivity index (χ0) is 12.4. The molecule has 1 amide bonds. The van der Waals surface area contributed by atoms with Crippen LogP contribution in [0.3, 0.4) is 0 Å². The number of halogens is 1. The summed E-state index contributed by atoms with van der Waals surface area (Å²) >= 11 is 5.55. The molecule has 4 heteroatoms. The molecule has 1 unspecified atom stereocenters. The van der Waals surface area contributed by atoms with Crippen molar-refractivity contribution in [1.82, 2.24) is 0 Å². The number of nitrogens with one attached hydrogen (secondary N) is 1. The summed E-state index contributed by atoms with van der Waals surface area (Å²) in [6.07, 6.45) is 1.03. The third kappa shape index (κ3) is 2.50. The molecule has 90 valence electrons.